The van der Waals surface area contributed by atoms with Gasteiger partial charge in [0, 0.05) is 69.0 Å². The average molecular weight is 807 g/mol. The number of carbonyl (C=O) groups excluding carboxylic acids is 2. The number of halogens is 1. The van der Waals surface area contributed by atoms with Gasteiger partial charge in [-0.1, -0.05) is 66.2 Å². The number of hydrogen-bond donors (Lipinski definition) is 0. The van der Waals surface area contributed by atoms with Crippen LogP contribution in [0, 0.1) is 11.3 Å². The molecule has 2 saturated heterocycles. The number of anilines is 2. The molecule has 4 aliphatic rings. The summed E-state index contributed by atoms with van der Waals surface area (Å²) in [7, 11) is 0. The SMILES string of the molecule is CC(C)(C)OC(=O)N1CCN(C2(COc3nc4c(c(N5CCN(C(=O)OCc6ccccc6)[C@@H](CC#N)C5)n3)CCN(c3cccc5cccc(Cl)c35)C4)CC2)CC1. The fourth-order valence-corrected chi connectivity index (χ4v) is 8.69. The third-order valence-electron chi connectivity index (χ3n) is 11.6. The molecular weight excluding hydrogens is 756 g/mol. The molecular formula is C44H51ClN8O5. The van der Waals surface area contributed by atoms with Crippen LogP contribution in [0.1, 0.15) is 56.9 Å². The number of fused-ring (bicyclic) bond motifs is 2. The number of nitrogens with zero attached hydrogens (tertiary/aromatic N) is 8. The summed E-state index contributed by atoms with van der Waals surface area (Å²) in [5.74, 6) is 0.784. The molecule has 2 amide bonds. The molecule has 8 rings (SSSR count). The van der Waals surface area contributed by atoms with E-state index in [0.717, 1.165) is 71.6 Å². The maximum atomic E-state index is 13.4. The minimum absolute atomic E-state index is 0.144. The van der Waals surface area contributed by atoms with Crippen molar-refractivity contribution in [2.24, 2.45) is 0 Å². The average Bonchev–Trinajstić information content (AvgIpc) is 4.02. The summed E-state index contributed by atoms with van der Waals surface area (Å²) in [6.45, 7) is 11.5. The summed E-state index contributed by atoms with van der Waals surface area (Å²) in [5.41, 5.74) is 3.20. The first kappa shape index (κ1) is 39.5. The second kappa shape index (κ2) is 16.5. The van der Waals surface area contributed by atoms with Gasteiger partial charge < -0.3 is 33.8 Å². The number of nitriles is 1. The molecule has 1 atom stereocenters. The van der Waals surface area contributed by atoms with Gasteiger partial charge in [-0.05, 0) is 63.1 Å². The highest BCUT2D eigenvalue weighted by molar-refractivity contribution is 6.36. The lowest BCUT2D eigenvalue weighted by molar-refractivity contribution is 0.00438. The van der Waals surface area contributed by atoms with Crippen LogP contribution < -0.4 is 14.5 Å². The zero-order chi connectivity index (χ0) is 40.4. The molecule has 1 aromatic heterocycles. The van der Waals surface area contributed by atoms with Gasteiger partial charge in [-0.2, -0.15) is 15.2 Å². The molecule has 0 unspecified atom stereocenters. The zero-order valence-corrected chi connectivity index (χ0v) is 34.3. The van der Waals surface area contributed by atoms with E-state index in [1.165, 1.54) is 0 Å². The number of benzene rings is 3. The number of aromatic nitrogens is 2. The molecule has 14 heteroatoms. The van der Waals surface area contributed by atoms with Gasteiger partial charge in [0.1, 0.15) is 24.6 Å². The van der Waals surface area contributed by atoms with E-state index in [-0.39, 0.29) is 30.7 Å². The zero-order valence-electron chi connectivity index (χ0n) is 33.5. The quantitative estimate of drug-likeness (QED) is 0.173. The second-order valence-corrected chi connectivity index (χ2v) is 17.1. The molecule has 1 aliphatic carbocycles. The van der Waals surface area contributed by atoms with Crippen LogP contribution in [-0.4, -0.2) is 113 Å². The molecule has 0 spiro atoms. The van der Waals surface area contributed by atoms with Crippen LogP contribution in [0.2, 0.25) is 5.02 Å². The third kappa shape index (κ3) is 8.59. The topological polar surface area (TPSA) is 128 Å². The van der Waals surface area contributed by atoms with E-state index in [1.807, 2.05) is 63.2 Å². The number of piperazine rings is 2. The van der Waals surface area contributed by atoms with Gasteiger partial charge in [0.25, 0.3) is 0 Å². The highest BCUT2D eigenvalue weighted by Crippen LogP contribution is 2.43. The Morgan fingerprint density at radius 1 is 0.897 bits per heavy atom. The largest absolute Gasteiger partial charge is 0.461 e. The minimum atomic E-state index is -0.537. The molecule has 58 heavy (non-hydrogen) atoms. The summed E-state index contributed by atoms with van der Waals surface area (Å²) in [4.78, 5) is 46.7. The number of amides is 2. The predicted molar refractivity (Wildman–Crippen MR) is 222 cm³/mol. The maximum absolute atomic E-state index is 13.4. The predicted octanol–water partition coefficient (Wildman–Crippen LogP) is 7.05. The van der Waals surface area contributed by atoms with Crippen LogP contribution in [0.15, 0.2) is 66.7 Å². The molecule has 4 heterocycles. The van der Waals surface area contributed by atoms with Gasteiger partial charge in [-0.3, -0.25) is 4.90 Å². The first-order valence-corrected chi connectivity index (χ1v) is 20.6. The molecule has 4 aromatic rings. The van der Waals surface area contributed by atoms with E-state index in [2.05, 4.69) is 45.0 Å². The fraction of sp³-hybridized carbons (Fsp3) is 0.477. The van der Waals surface area contributed by atoms with Crippen molar-refractivity contribution in [2.75, 3.05) is 68.8 Å². The summed E-state index contributed by atoms with van der Waals surface area (Å²) in [6.07, 6.45) is 2.14. The van der Waals surface area contributed by atoms with Crippen molar-refractivity contribution in [2.45, 2.75) is 76.8 Å². The molecule has 0 bridgehead atoms. The molecule has 1 saturated carbocycles. The van der Waals surface area contributed by atoms with Crippen molar-refractivity contribution in [3.63, 3.8) is 0 Å². The van der Waals surface area contributed by atoms with Crippen LogP contribution in [0.5, 0.6) is 6.01 Å². The van der Waals surface area contributed by atoms with E-state index in [9.17, 15) is 14.9 Å². The summed E-state index contributed by atoms with van der Waals surface area (Å²) in [5, 5.41) is 12.7. The van der Waals surface area contributed by atoms with E-state index in [0.29, 0.717) is 63.3 Å². The third-order valence-corrected chi connectivity index (χ3v) is 12.0. The standard InChI is InChI=1S/C44H51ClN8O5/c1-43(2,3)58-41(54)49-21-24-52(25-22-49)44(17-18-44)30-57-40-47-36-28-50(37-14-8-12-32-11-7-13-35(45)38(32)37)20-16-34(36)39(48-40)51-23-26-53(33(27-51)15-19-46)42(55)56-29-31-9-5-4-6-10-31/h4-14,33H,15-18,20-30H2,1-3H3/t33-/m0/s1. The Kier molecular flexibility index (Phi) is 11.2. The highest BCUT2D eigenvalue weighted by Gasteiger charge is 2.50. The van der Waals surface area contributed by atoms with E-state index in [4.69, 9.17) is 35.8 Å². The summed E-state index contributed by atoms with van der Waals surface area (Å²) >= 11 is 6.79. The van der Waals surface area contributed by atoms with Crippen molar-refractivity contribution in [1.29, 1.82) is 5.26 Å². The van der Waals surface area contributed by atoms with Gasteiger partial charge in [-0.25, -0.2) is 9.59 Å². The molecule has 13 nitrogen and oxygen atoms in total. The Hall–Kier alpha value is -5.32. The Morgan fingerprint density at radius 2 is 1.66 bits per heavy atom. The molecule has 304 valence electrons. The lowest BCUT2D eigenvalue weighted by Crippen LogP contribution is -2.56. The lowest BCUT2D eigenvalue weighted by atomic mass is 10.0. The van der Waals surface area contributed by atoms with Crippen LogP contribution in [0.25, 0.3) is 10.8 Å². The van der Waals surface area contributed by atoms with Gasteiger partial charge in [0.05, 0.1) is 41.3 Å². The molecule has 0 radical (unpaired) electrons. The number of rotatable bonds is 9. The van der Waals surface area contributed by atoms with Crippen molar-refractivity contribution >= 4 is 46.1 Å². The second-order valence-electron chi connectivity index (χ2n) is 16.7. The lowest BCUT2D eigenvalue weighted by Gasteiger charge is -2.42. The number of carbonyl (C=O) groups is 2. The highest BCUT2D eigenvalue weighted by atomic mass is 35.5. The van der Waals surface area contributed by atoms with E-state index >= 15 is 0 Å². The molecule has 3 aromatic carbocycles. The fourth-order valence-electron chi connectivity index (χ4n) is 8.42. The Labute approximate surface area is 345 Å². The van der Waals surface area contributed by atoms with Crippen molar-refractivity contribution < 1.29 is 23.8 Å². The van der Waals surface area contributed by atoms with Gasteiger partial charge in [0.2, 0.25) is 0 Å². The van der Waals surface area contributed by atoms with Crippen molar-refractivity contribution in [3.05, 3.63) is 88.6 Å². The molecule has 3 fully saturated rings. The first-order chi connectivity index (χ1) is 28.0. The number of hydrogen-bond acceptors (Lipinski definition) is 11. The van der Waals surface area contributed by atoms with Crippen molar-refractivity contribution in [3.8, 4) is 12.1 Å². The Morgan fingerprint density at radius 3 is 2.38 bits per heavy atom. The normalized spacial score (nSPS) is 19.3. The maximum Gasteiger partial charge on any atom is 0.410 e. The van der Waals surface area contributed by atoms with Crippen LogP contribution >= 0.6 is 11.6 Å². The molecule has 3 aliphatic heterocycles. The van der Waals surface area contributed by atoms with Crippen LogP contribution in [0.3, 0.4) is 0 Å². The van der Waals surface area contributed by atoms with Crippen LogP contribution in [0.4, 0.5) is 21.1 Å². The monoisotopic (exact) mass is 806 g/mol. The Balaban J connectivity index is 1.03. The minimum Gasteiger partial charge on any atom is -0.461 e. The van der Waals surface area contributed by atoms with Crippen molar-refractivity contribution in [1.82, 2.24) is 24.7 Å². The van der Waals surface area contributed by atoms with Gasteiger partial charge >= 0.3 is 18.2 Å². The first-order valence-electron chi connectivity index (χ1n) is 20.3. The number of ether oxygens (including phenoxy) is 3. The van der Waals surface area contributed by atoms with Gasteiger partial charge in [-0.15, -0.1) is 0 Å². The van der Waals surface area contributed by atoms with Crippen LogP contribution in [-0.2, 0) is 29.0 Å². The van der Waals surface area contributed by atoms with E-state index in [1.54, 1.807) is 9.80 Å². The summed E-state index contributed by atoms with van der Waals surface area (Å²) in [6, 6.07) is 24.0. The van der Waals surface area contributed by atoms with E-state index < -0.39 is 11.7 Å². The Bertz CT molecular complexity index is 2180. The summed E-state index contributed by atoms with van der Waals surface area (Å²) < 4.78 is 17.9. The smallest absolute Gasteiger partial charge is 0.410 e. The molecule has 0 N–H and O–H groups in total. The van der Waals surface area contributed by atoms with Gasteiger partial charge in [0.15, 0.2) is 0 Å².